The molecule has 1 fully saturated rings. The molecule has 0 radical (unpaired) electrons. The Bertz CT molecular complexity index is 782. The predicted molar refractivity (Wildman–Crippen MR) is 103 cm³/mol. The van der Waals surface area contributed by atoms with Gasteiger partial charge >= 0.3 is 0 Å². The lowest BCUT2D eigenvalue weighted by Crippen LogP contribution is -2.49. The van der Waals surface area contributed by atoms with Crippen molar-refractivity contribution in [2.45, 2.75) is 0 Å². The summed E-state index contributed by atoms with van der Waals surface area (Å²) in [7, 11) is 0. The number of rotatable bonds is 5. The molecule has 0 aromatic heterocycles. The van der Waals surface area contributed by atoms with Gasteiger partial charge in [-0.15, -0.1) is 0 Å². The SMILES string of the molecule is O=C(c1ccc(Br)cc1F)N1CCN(CCOc2ccccc2Cl)CC1. The number of para-hydroxylation sites is 1. The molecule has 1 heterocycles. The van der Waals surface area contributed by atoms with Gasteiger partial charge in [-0.3, -0.25) is 9.69 Å². The Hall–Kier alpha value is -1.63. The first-order chi connectivity index (χ1) is 12.5. The topological polar surface area (TPSA) is 32.8 Å². The van der Waals surface area contributed by atoms with Crippen molar-refractivity contribution in [1.29, 1.82) is 0 Å². The Morgan fingerprint density at radius 2 is 1.88 bits per heavy atom. The van der Waals surface area contributed by atoms with E-state index in [0.29, 0.717) is 34.9 Å². The van der Waals surface area contributed by atoms with Crippen molar-refractivity contribution < 1.29 is 13.9 Å². The average Bonchev–Trinajstić information content (AvgIpc) is 2.63. The Balaban J connectivity index is 1.46. The van der Waals surface area contributed by atoms with Gasteiger partial charge in [0.2, 0.25) is 0 Å². The normalized spacial score (nSPS) is 15.1. The van der Waals surface area contributed by atoms with E-state index < -0.39 is 5.82 Å². The van der Waals surface area contributed by atoms with E-state index in [0.717, 1.165) is 19.6 Å². The number of benzene rings is 2. The molecule has 0 unspecified atom stereocenters. The maximum absolute atomic E-state index is 14.0. The first-order valence-corrected chi connectivity index (χ1v) is 9.55. The van der Waals surface area contributed by atoms with Gasteiger partial charge in [0.25, 0.3) is 5.91 Å². The second-order valence-electron chi connectivity index (χ2n) is 6.04. The molecule has 1 saturated heterocycles. The van der Waals surface area contributed by atoms with Crippen molar-refractivity contribution in [2.24, 2.45) is 0 Å². The maximum atomic E-state index is 14.0. The highest BCUT2D eigenvalue weighted by molar-refractivity contribution is 9.10. The highest BCUT2D eigenvalue weighted by atomic mass is 79.9. The minimum absolute atomic E-state index is 0.115. The number of carbonyl (C=O) groups is 1. The molecule has 7 heteroatoms. The molecule has 1 aliphatic rings. The number of ether oxygens (including phenoxy) is 1. The minimum atomic E-state index is -0.500. The quantitative estimate of drug-likeness (QED) is 0.701. The minimum Gasteiger partial charge on any atom is -0.491 e. The highest BCUT2D eigenvalue weighted by Gasteiger charge is 2.24. The van der Waals surface area contributed by atoms with Gasteiger partial charge in [0, 0.05) is 37.2 Å². The number of amides is 1. The van der Waals surface area contributed by atoms with Crippen molar-refractivity contribution >= 4 is 33.4 Å². The Labute approximate surface area is 165 Å². The van der Waals surface area contributed by atoms with Crippen LogP contribution in [0.4, 0.5) is 4.39 Å². The Morgan fingerprint density at radius 3 is 2.58 bits per heavy atom. The number of carbonyl (C=O) groups excluding carboxylic acids is 1. The fourth-order valence-electron chi connectivity index (χ4n) is 2.85. The van der Waals surface area contributed by atoms with E-state index in [2.05, 4.69) is 20.8 Å². The summed E-state index contributed by atoms with van der Waals surface area (Å²) in [6.45, 7) is 3.88. The Kier molecular flexibility index (Phi) is 6.51. The summed E-state index contributed by atoms with van der Waals surface area (Å²) in [5, 5.41) is 0.597. The van der Waals surface area contributed by atoms with Gasteiger partial charge in [-0.05, 0) is 30.3 Å². The van der Waals surface area contributed by atoms with Gasteiger partial charge in [-0.2, -0.15) is 0 Å². The number of piperazine rings is 1. The summed E-state index contributed by atoms with van der Waals surface area (Å²) in [5.74, 6) is -0.0874. The standard InChI is InChI=1S/C19H19BrClFN2O2/c20-14-5-6-15(17(22)13-14)19(25)24-9-7-23(8-10-24)11-12-26-18-4-2-1-3-16(18)21/h1-6,13H,7-12H2. The van der Waals surface area contributed by atoms with E-state index in [-0.39, 0.29) is 11.5 Å². The third kappa shape index (κ3) is 4.75. The van der Waals surface area contributed by atoms with Crippen molar-refractivity contribution in [3.8, 4) is 5.75 Å². The second kappa shape index (κ2) is 8.84. The van der Waals surface area contributed by atoms with Gasteiger partial charge in [0.1, 0.15) is 18.2 Å². The molecule has 3 rings (SSSR count). The molecule has 0 saturated carbocycles. The van der Waals surface area contributed by atoms with E-state index in [4.69, 9.17) is 16.3 Å². The van der Waals surface area contributed by atoms with Crippen molar-refractivity contribution in [3.05, 3.63) is 63.3 Å². The summed E-state index contributed by atoms with van der Waals surface area (Å²) < 4.78 is 20.3. The maximum Gasteiger partial charge on any atom is 0.256 e. The summed E-state index contributed by atoms with van der Waals surface area (Å²) in [6, 6.07) is 11.9. The summed E-state index contributed by atoms with van der Waals surface area (Å²) in [4.78, 5) is 16.4. The van der Waals surface area contributed by atoms with E-state index in [1.54, 1.807) is 17.0 Å². The summed E-state index contributed by atoms with van der Waals surface area (Å²) in [5.41, 5.74) is 0.115. The smallest absolute Gasteiger partial charge is 0.256 e. The van der Waals surface area contributed by atoms with E-state index >= 15 is 0 Å². The number of halogens is 3. The van der Waals surface area contributed by atoms with Crippen LogP contribution in [0.2, 0.25) is 5.02 Å². The van der Waals surface area contributed by atoms with E-state index in [1.165, 1.54) is 12.1 Å². The van der Waals surface area contributed by atoms with Crippen LogP contribution >= 0.6 is 27.5 Å². The summed E-state index contributed by atoms with van der Waals surface area (Å²) in [6.07, 6.45) is 0. The fourth-order valence-corrected chi connectivity index (χ4v) is 3.38. The van der Waals surface area contributed by atoms with Crippen LogP contribution in [-0.4, -0.2) is 55.0 Å². The third-order valence-corrected chi connectivity index (χ3v) is 5.13. The van der Waals surface area contributed by atoms with Crippen LogP contribution in [0.15, 0.2) is 46.9 Å². The molecule has 2 aromatic carbocycles. The molecule has 0 aliphatic carbocycles. The van der Waals surface area contributed by atoms with Gasteiger partial charge in [-0.25, -0.2) is 4.39 Å². The number of hydrogen-bond donors (Lipinski definition) is 0. The lowest BCUT2D eigenvalue weighted by Gasteiger charge is -2.34. The number of hydrogen-bond acceptors (Lipinski definition) is 3. The van der Waals surface area contributed by atoms with Gasteiger partial charge in [0.05, 0.1) is 10.6 Å². The fraction of sp³-hybridized carbons (Fsp3) is 0.316. The monoisotopic (exact) mass is 440 g/mol. The van der Waals surface area contributed by atoms with Gasteiger partial charge < -0.3 is 9.64 Å². The van der Waals surface area contributed by atoms with Crippen molar-refractivity contribution in [3.63, 3.8) is 0 Å². The lowest BCUT2D eigenvalue weighted by atomic mass is 10.1. The molecule has 0 N–H and O–H groups in total. The van der Waals surface area contributed by atoms with E-state index in [9.17, 15) is 9.18 Å². The molecule has 0 bridgehead atoms. The second-order valence-corrected chi connectivity index (χ2v) is 7.36. The molecule has 2 aromatic rings. The van der Waals surface area contributed by atoms with Crippen LogP contribution in [-0.2, 0) is 0 Å². The first-order valence-electron chi connectivity index (χ1n) is 8.38. The molecule has 0 atom stereocenters. The van der Waals surface area contributed by atoms with Crippen LogP contribution in [0.5, 0.6) is 5.75 Å². The molecule has 0 spiro atoms. The van der Waals surface area contributed by atoms with Gasteiger partial charge in [-0.1, -0.05) is 39.7 Å². The molecule has 1 amide bonds. The van der Waals surface area contributed by atoms with Crippen LogP contribution in [0, 0.1) is 5.82 Å². The molecule has 26 heavy (non-hydrogen) atoms. The Morgan fingerprint density at radius 1 is 1.15 bits per heavy atom. The molecule has 1 aliphatic heterocycles. The first kappa shape index (κ1) is 19.1. The van der Waals surface area contributed by atoms with Gasteiger partial charge in [0.15, 0.2) is 0 Å². The van der Waals surface area contributed by atoms with Crippen molar-refractivity contribution in [2.75, 3.05) is 39.3 Å². The number of nitrogens with zero attached hydrogens (tertiary/aromatic N) is 2. The zero-order valence-electron chi connectivity index (χ0n) is 14.1. The van der Waals surface area contributed by atoms with E-state index in [1.807, 2.05) is 18.2 Å². The molecular formula is C19H19BrClFN2O2. The van der Waals surface area contributed by atoms with Crippen LogP contribution in [0.25, 0.3) is 0 Å². The van der Waals surface area contributed by atoms with Crippen LogP contribution < -0.4 is 4.74 Å². The molecular weight excluding hydrogens is 423 g/mol. The highest BCUT2D eigenvalue weighted by Crippen LogP contribution is 2.23. The molecule has 138 valence electrons. The predicted octanol–water partition coefficient (Wildman–Crippen LogP) is 4.08. The zero-order valence-corrected chi connectivity index (χ0v) is 16.5. The van der Waals surface area contributed by atoms with Crippen LogP contribution in [0.3, 0.4) is 0 Å². The third-order valence-electron chi connectivity index (χ3n) is 4.32. The zero-order chi connectivity index (χ0) is 18.5. The molecule has 4 nitrogen and oxygen atoms in total. The largest absolute Gasteiger partial charge is 0.491 e. The van der Waals surface area contributed by atoms with Crippen LogP contribution in [0.1, 0.15) is 10.4 Å². The summed E-state index contributed by atoms with van der Waals surface area (Å²) >= 11 is 9.27. The lowest BCUT2D eigenvalue weighted by molar-refractivity contribution is 0.0616. The average molecular weight is 442 g/mol. The van der Waals surface area contributed by atoms with Crippen molar-refractivity contribution in [1.82, 2.24) is 9.80 Å².